The van der Waals surface area contributed by atoms with Crippen LogP contribution in [0, 0.1) is 0 Å². The van der Waals surface area contributed by atoms with Crippen LogP contribution in [0.3, 0.4) is 0 Å². The van der Waals surface area contributed by atoms with Crippen LogP contribution >= 0.6 is 11.8 Å². The number of nitrogens with one attached hydrogen (secondary N) is 1. The molecule has 112 valence electrons. The van der Waals surface area contributed by atoms with E-state index in [4.69, 9.17) is 14.2 Å². The molecule has 7 nitrogen and oxygen atoms in total. The summed E-state index contributed by atoms with van der Waals surface area (Å²) in [4.78, 5) is 11.0. The third-order valence-electron chi connectivity index (χ3n) is 2.67. The molecule has 1 aliphatic heterocycles. The maximum atomic E-state index is 11.0. The largest absolute Gasteiger partial charge is 0.496 e. The van der Waals surface area contributed by atoms with Crippen molar-refractivity contribution in [2.75, 3.05) is 27.1 Å². The lowest BCUT2D eigenvalue weighted by Crippen LogP contribution is -2.19. The lowest BCUT2D eigenvalue weighted by Gasteiger charge is -2.11. The first-order chi connectivity index (χ1) is 10.2. The van der Waals surface area contributed by atoms with Crippen molar-refractivity contribution in [3.63, 3.8) is 0 Å². The predicted molar refractivity (Wildman–Crippen MR) is 81.7 cm³/mol. The Hall–Kier alpha value is -2.22. The van der Waals surface area contributed by atoms with Gasteiger partial charge in [0.25, 0.3) is 0 Å². The second kappa shape index (κ2) is 6.98. The molecule has 2 rings (SSSR count). The number of carbonyl (C=O) groups is 1. The van der Waals surface area contributed by atoms with Gasteiger partial charge in [-0.05, 0) is 6.07 Å². The van der Waals surface area contributed by atoms with E-state index in [0.29, 0.717) is 33.7 Å². The fourth-order valence-electron chi connectivity index (χ4n) is 1.68. The van der Waals surface area contributed by atoms with E-state index >= 15 is 0 Å². The second-order valence-electron chi connectivity index (χ2n) is 3.94. The van der Waals surface area contributed by atoms with E-state index in [-0.39, 0.29) is 5.91 Å². The number of hydrogen-bond acceptors (Lipinski definition) is 7. The van der Waals surface area contributed by atoms with Gasteiger partial charge in [-0.15, -0.1) is 5.10 Å². The minimum Gasteiger partial charge on any atom is -0.496 e. The van der Waals surface area contributed by atoms with Gasteiger partial charge in [-0.2, -0.15) is 5.10 Å². The molecule has 8 heteroatoms. The maximum Gasteiger partial charge on any atom is 0.236 e. The average Bonchev–Trinajstić information content (AvgIpc) is 2.92. The molecule has 0 spiro atoms. The average molecular weight is 309 g/mol. The molecule has 21 heavy (non-hydrogen) atoms. The summed E-state index contributed by atoms with van der Waals surface area (Å²) in [6.45, 7) is 0. The fourth-order valence-corrected chi connectivity index (χ4v) is 2.31. The van der Waals surface area contributed by atoms with Crippen molar-refractivity contribution in [3.05, 3.63) is 17.7 Å². The normalized spacial score (nSPS) is 16.3. The summed E-state index contributed by atoms with van der Waals surface area (Å²) >= 11 is 1.31. The molecule has 0 radical (unpaired) electrons. The minimum absolute atomic E-state index is 0.0716. The van der Waals surface area contributed by atoms with E-state index in [0.717, 1.165) is 0 Å². The number of ether oxygens (including phenoxy) is 3. The summed E-state index contributed by atoms with van der Waals surface area (Å²) in [5, 5.41) is 11.0. The van der Waals surface area contributed by atoms with Crippen molar-refractivity contribution in [2.24, 2.45) is 10.2 Å². The Labute approximate surface area is 126 Å². The van der Waals surface area contributed by atoms with E-state index < -0.39 is 0 Å². The van der Waals surface area contributed by atoms with Gasteiger partial charge in [-0.3, -0.25) is 4.79 Å². The quantitative estimate of drug-likeness (QED) is 0.654. The SMILES string of the molecule is COc1cc(OC)c(OC)cc1/C=N/N=C1\NC(=O)CS1. The molecule has 0 saturated carbocycles. The number of nitrogens with zero attached hydrogens (tertiary/aromatic N) is 2. The molecule has 1 aromatic carbocycles. The molecule has 0 unspecified atom stereocenters. The van der Waals surface area contributed by atoms with E-state index in [9.17, 15) is 4.79 Å². The van der Waals surface area contributed by atoms with Crippen LogP contribution in [0.1, 0.15) is 5.56 Å². The van der Waals surface area contributed by atoms with E-state index in [1.807, 2.05) is 0 Å². The van der Waals surface area contributed by atoms with Gasteiger partial charge in [0.1, 0.15) is 5.75 Å². The van der Waals surface area contributed by atoms with Gasteiger partial charge in [-0.1, -0.05) is 11.8 Å². The van der Waals surface area contributed by atoms with Crippen molar-refractivity contribution >= 4 is 29.1 Å². The Balaban J connectivity index is 2.24. The summed E-state index contributed by atoms with van der Waals surface area (Å²) in [7, 11) is 4.66. The zero-order valence-corrected chi connectivity index (χ0v) is 12.7. The highest BCUT2D eigenvalue weighted by atomic mass is 32.2. The molecule has 1 N–H and O–H groups in total. The number of hydrogen-bond donors (Lipinski definition) is 1. The zero-order valence-electron chi connectivity index (χ0n) is 11.9. The predicted octanol–water partition coefficient (Wildman–Crippen LogP) is 1.27. The molecule has 0 atom stereocenters. The molecule has 1 aromatic rings. The first kappa shape index (κ1) is 15.2. The lowest BCUT2D eigenvalue weighted by molar-refractivity contribution is -0.116. The fraction of sp³-hybridized carbons (Fsp3) is 0.308. The molecule has 0 aromatic heterocycles. The van der Waals surface area contributed by atoms with Gasteiger partial charge >= 0.3 is 0 Å². The van der Waals surface area contributed by atoms with Gasteiger partial charge in [0.15, 0.2) is 16.7 Å². The molecule has 0 aliphatic carbocycles. The Morgan fingerprint density at radius 3 is 2.38 bits per heavy atom. The Morgan fingerprint density at radius 1 is 1.14 bits per heavy atom. The summed E-state index contributed by atoms with van der Waals surface area (Å²) in [5.74, 6) is 2.01. The third kappa shape index (κ3) is 3.66. The van der Waals surface area contributed by atoms with Crippen molar-refractivity contribution in [1.82, 2.24) is 5.32 Å². The number of amidine groups is 1. The summed E-state index contributed by atoms with van der Waals surface area (Å²) in [6, 6.07) is 3.45. The van der Waals surface area contributed by atoms with Crippen LogP contribution in [0.2, 0.25) is 0 Å². The Morgan fingerprint density at radius 2 is 1.81 bits per heavy atom. The molecular weight excluding hydrogens is 294 g/mol. The first-order valence-electron chi connectivity index (χ1n) is 6.01. The molecule has 1 fully saturated rings. The van der Waals surface area contributed by atoms with E-state index in [2.05, 4.69) is 15.5 Å². The van der Waals surface area contributed by atoms with Gasteiger partial charge in [-0.25, -0.2) is 0 Å². The molecule has 1 heterocycles. The minimum atomic E-state index is -0.0716. The van der Waals surface area contributed by atoms with Crippen LogP contribution in [0.5, 0.6) is 17.2 Å². The summed E-state index contributed by atoms with van der Waals surface area (Å²) in [5.41, 5.74) is 0.689. The monoisotopic (exact) mass is 309 g/mol. The first-order valence-corrected chi connectivity index (χ1v) is 7.00. The van der Waals surface area contributed by atoms with Crippen LogP contribution in [-0.2, 0) is 4.79 Å². The number of carbonyl (C=O) groups excluding carboxylic acids is 1. The smallest absolute Gasteiger partial charge is 0.236 e. The number of rotatable bonds is 5. The molecule has 0 bridgehead atoms. The summed E-state index contributed by atoms with van der Waals surface area (Å²) in [6.07, 6.45) is 1.53. The van der Waals surface area contributed by atoms with Crippen LogP contribution in [-0.4, -0.2) is 44.4 Å². The van der Waals surface area contributed by atoms with Crippen LogP contribution in [0.25, 0.3) is 0 Å². The van der Waals surface area contributed by atoms with Gasteiger partial charge in [0.05, 0.1) is 33.3 Å². The van der Waals surface area contributed by atoms with Gasteiger partial charge in [0.2, 0.25) is 5.91 Å². The molecule has 1 amide bonds. The number of thioether (sulfide) groups is 1. The van der Waals surface area contributed by atoms with Crippen LogP contribution in [0.4, 0.5) is 0 Å². The van der Waals surface area contributed by atoms with Crippen molar-refractivity contribution in [1.29, 1.82) is 0 Å². The lowest BCUT2D eigenvalue weighted by atomic mass is 10.2. The molecule has 1 saturated heterocycles. The van der Waals surface area contributed by atoms with E-state index in [1.165, 1.54) is 18.0 Å². The topological polar surface area (TPSA) is 81.5 Å². The van der Waals surface area contributed by atoms with Gasteiger partial charge < -0.3 is 19.5 Å². The van der Waals surface area contributed by atoms with Crippen LogP contribution in [0.15, 0.2) is 22.3 Å². The van der Waals surface area contributed by atoms with E-state index in [1.54, 1.807) is 33.5 Å². The highest BCUT2D eigenvalue weighted by molar-refractivity contribution is 8.15. The van der Waals surface area contributed by atoms with Crippen molar-refractivity contribution < 1.29 is 19.0 Å². The molecular formula is C13H15N3O4S. The standard InChI is InChI=1S/C13H15N3O4S/c1-18-9-5-11(20-3)10(19-2)4-8(9)6-14-16-13-15-12(17)7-21-13/h4-6H,7H2,1-3H3,(H,15,16,17)/b14-6+. The number of benzene rings is 1. The van der Waals surface area contributed by atoms with Gasteiger partial charge in [0, 0.05) is 11.6 Å². The van der Waals surface area contributed by atoms with Crippen molar-refractivity contribution in [3.8, 4) is 17.2 Å². The Kier molecular flexibility index (Phi) is 5.04. The summed E-state index contributed by atoms with van der Waals surface area (Å²) < 4.78 is 15.7. The number of amides is 1. The highest BCUT2D eigenvalue weighted by Crippen LogP contribution is 2.33. The van der Waals surface area contributed by atoms with Crippen LogP contribution < -0.4 is 19.5 Å². The highest BCUT2D eigenvalue weighted by Gasteiger charge is 2.16. The molecule has 1 aliphatic rings. The maximum absolute atomic E-state index is 11.0. The Bertz CT molecular complexity index is 601. The number of methoxy groups -OCH3 is 3. The third-order valence-corrected chi connectivity index (χ3v) is 3.53. The zero-order chi connectivity index (χ0) is 15.2. The second-order valence-corrected chi connectivity index (χ2v) is 4.90. The van der Waals surface area contributed by atoms with Crippen molar-refractivity contribution in [2.45, 2.75) is 0 Å².